The lowest BCUT2D eigenvalue weighted by atomic mass is 10.3. The van der Waals surface area contributed by atoms with Crippen LogP contribution in [0.15, 0.2) is 24.3 Å². The molecule has 0 radical (unpaired) electrons. The number of carbonyl (C=O) groups is 2. The van der Waals surface area contributed by atoms with E-state index in [2.05, 4.69) is 5.32 Å². The Hall–Kier alpha value is -2.64. The molecule has 1 aromatic carbocycles. The second-order valence-corrected chi connectivity index (χ2v) is 3.65. The first-order chi connectivity index (χ1) is 8.90. The average molecular weight is 267 g/mol. The number of nitro groups is 1. The maximum Gasteiger partial charge on any atom is 0.269 e. The van der Waals surface area contributed by atoms with Crippen molar-refractivity contribution in [2.24, 2.45) is 0 Å². The summed E-state index contributed by atoms with van der Waals surface area (Å²) in [4.78, 5) is 31.5. The maximum absolute atomic E-state index is 11.3. The first kappa shape index (κ1) is 14.4. The highest BCUT2D eigenvalue weighted by Crippen LogP contribution is 2.16. The number of amides is 1. The standard InChI is InChI=1S/C11H12N2O6/c1-7(11(15)16)12-10(14)6-19-9-4-2-8(3-5-9)13(17)18/h2-5,7H,6H2,1H3,(H,12,14)(H,15,16)/p-1/t7-/m0/s1. The van der Waals surface area contributed by atoms with E-state index in [4.69, 9.17) is 4.74 Å². The van der Waals surface area contributed by atoms with Gasteiger partial charge < -0.3 is 20.0 Å². The van der Waals surface area contributed by atoms with Crippen LogP contribution in [0, 0.1) is 10.1 Å². The number of hydrogen-bond acceptors (Lipinski definition) is 6. The molecule has 0 aromatic heterocycles. The smallest absolute Gasteiger partial charge is 0.269 e. The SMILES string of the molecule is C[C@H](NC(=O)COc1ccc([N+](=O)[O-])cc1)C(=O)[O-]. The van der Waals surface area contributed by atoms with E-state index in [9.17, 15) is 24.8 Å². The number of nitrogens with zero attached hydrogens (tertiary/aromatic N) is 1. The molecule has 0 aliphatic heterocycles. The van der Waals surface area contributed by atoms with Crippen molar-refractivity contribution < 1.29 is 24.4 Å². The zero-order valence-electron chi connectivity index (χ0n) is 9.99. The van der Waals surface area contributed by atoms with Gasteiger partial charge in [-0.05, 0) is 19.1 Å². The van der Waals surface area contributed by atoms with E-state index in [1.54, 1.807) is 0 Å². The summed E-state index contributed by atoms with van der Waals surface area (Å²) in [6.45, 7) is 0.870. The van der Waals surface area contributed by atoms with Gasteiger partial charge in [0, 0.05) is 12.1 Å². The number of ether oxygens (including phenoxy) is 1. The fourth-order valence-electron chi connectivity index (χ4n) is 1.16. The predicted molar refractivity (Wildman–Crippen MR) is 61.2 cm³/mol. The molecule has 0 fully saturated rings. The molecule has 102 valence electrons. The van der Waals surface area contributed by atoms with Gasteiger partial charge in [-0.25, -0.2) is 0 Å². The maximum atomic E-state index is 11.3. The third-order valence-electron chi connectivity index (χ3n) is 2.15. The fraction of sp³-hybridized carbons (Fsp3) is 0.273. The summed E-state index contributed by atoms with van der Waals surface area (Å²) >= 11 is 0. The topological polar surface area (TPSA) is 122 Å². The number of nitrogens with one attached hydrogen (secondary N) is 1. The Bertz CT molecular complexity index is 484. The summed E-state index contributed by atoms with van der Waals surface area (Å²) in [5, 5.41) is 22.9. The molecule has 1 rings (SSSR count). The van der Waals surface area contributed by atoms with Gasteiger partial charge in [-0.2, -0.15) is 0 Å². The van der Waals surface area contributed by atoms with Crippen molar-refractivity contribution in [1.82, 2.24) is 5.32 Å². The monoisotopic (exact) mass is 267 g/mol. The second kappa shape index (κ2) is 6.34. The Labute approximate surface area is 108 Å². The van der Waals surface area contributed by atoms with E-state index in [1.807, 2.05) is 0 Å². The molecule has 0 unspecified atom stereocenters. The van der Waals surface area contributed by atoms with Gasteiger partial charge in [-0.3, -0.25) is 14.9 Å². The summed E-state index contributed by atoms with van der Waals surface area (Å²) in [7, 11) is 0. The fourth-order valence-corrected chi connectivity index (χ4v) is 1.16. The van der Waals surface area contributed by atoms with Crippen LogP contribution >= 0.6 is 0 Å². The molecule has 0 heterocycles. The van der Waals surface area contributed by atoms with E-state index >= 15 is 0 Å². The van der Waals surface area contributed by atoms with E-state index in [0.717, 1.165) is 0 Å². The van der Waals surface area contributed by atoms with Gasteiger partial charge in [0.25, 0.3) is 11.6 Å². The van der Waals surface area contributed by atoms with E-state index in [1.165, 1.54) is 31.2 Å². The Morgan fingerprint density at radius 1 is 1.37 bits per heavy atom. The largest absolute Gasteiger partial charge is 0.548 e. The number of carboxylic acid groups (broad SMARTS) is 1. The molecule has 0 saturated carbocycles. The summed E-state index contributed by atoms with van der Waals surface area (Å²) in [5.74, 6) is -1.76. The van der Waals surface area contributed by atoms with Gasteiger partial charge in [0.15, 0.2) is 6.61 Å². The van der Waals surface area contributed by atoms with Crippen LogP contribution in [0.25, 0.3) is 0 Å². The molecule has 8 heteroatoms. The third kappa shape index (κ3) is 4.62. The molecule has 19 heavy (non-hydrogen) atoms. The van der Waals surface area contributed by atoms with Gasteiger partial charge in [0.2, 0.25) is 0 Å². The number of nitro benzene ring substituents is 1. The van der Waals surface area contributed by atoms with Crippen molar-refractivity contribution in [3.05, 3.63) is 34.4 Å². The molecule has 0 aliphatic rings. The number of benzene rings is 1. The Balaban J connectivity index is 2.46. The lowest BCUT2D eigenvalue weighted by molar-refractivity contribution is -0.384. The minimum absolute atomic E-state index is 0.0950. The highest BCUT2D eigenvalue weighted by atomic mass is 16.6. The van der Waals surface area contributed by atoms with Crippen molar-refractivity contribution in [3.8, 4) is 5.75 Å². The van der Waals surface area contributed by atoms with Crippen LogP contribution in [0.4, 0.5) is 5.69 Å². The van der Waals surface area contributed by atoms with Crippen LogP contribution in [0.2, 0.25) is 0 Å². The minimum atomic E-state index is -1.40. The van der Waals surface area contributed by atoms with Crippen molar-refractivity contribution in [1.29, 1.82) is 0 Å². The highest BCUT2D eigenvalue weighted by molar-refractivity contribution is 5.83. The van der Waals surface area contributed by atoms with Gasteiger partial charge in [-0.1, -0.05) is 0 Å². The molecule has 0 aliphatic carbocycles. The summed E-state index contributed by atoms with van der Waals surface area (Å²) in [6.07, 6.45) is 0. The van der Waals surface area contributed by atoms with E-state index < -0.39 is 29.4 Å². The van der Waals surface area contributed by atoms with Gasteiger partial charge in [0.1, 0.15) is 5.75 Å². The number of rotatable bonds is 6. The highest BCUT2D eigenvalue weighted by Gasteiger charge is 2.09. The number of carbonyl (C=O) groups excluding carboxylic acids is 2. The van der Waals surface area contributed by atoms with Crippen LogP contribution in [0.1, 0.15) is 6.92 Å². The molecule has 0 bridgehead atoms. The first-order valence-electron chi connectivity index (χ1n) is 5.27. The zero-order valence-corrected chi connectivity index (χ0v) is 9.99. The summed E-state index contributed by atoms with van der Waals surface area (Å²) in [5.41, 5.74) is -0.0950. The molecule has 0 saturated heterocycles. The third-order valence-corrected chi connectivity index (χ3v) is 2.15. The number of non-ortho nitro benzene ring substituents is 1. The first-order valence-corrected chi connectivity index (χ1v) is 5.27. The molecular formula is C11H11N2O6-. The molecule has 1 amide bonds. The zero-order chi connectivity index (χ0) is 14.4. The van der Waals surface area contributed by atoms with E-state index in [0.29, 0.717) is 0 Å². The van der Waals surface area contributed by atoms with Crippen LogP contribution in [-0.2, 0) is 9.59 Å². The minimum Gasteiger partial charge on any atom is -0.548 e. The number of carboxylic acids is 1. The molecule has 1 atom stereocenters. The van der Waals surface area contributed by atoms with Crippen LogP contribution < -0.4 is 15.2 Å². The number of hydrogen-bond donors (Lipinski definition) is 1. The Morgan fingerprint density at radius 3 is 2.42 bits per heavy atom. The Morgan fingerprint density at radius 2 is 1.95 bits per heavy atom. The van der Waals surface area contributed by atoms with Crippen LogP contribution in [0.5, 0.6) is 5.75 Å². The van der Waals surface area contributed by atoms with Crippen molar-refractivity contribution in [2.75, 3.05) is 6.61 Å². The Kier molecular flexibility index (Phi) is 4.81. The molecule has 1 aromatic rings. The summed E-state index contributed by atoms with van der Waals surface area (Å²) < 4.78 is 5.04. The van der Waals surface area contributed by atoms with Crippen molar-refractivity contribution >= 4 is 17.6 Å². The lowest BCUT2D eigenvalue weighted by Crippen LogP contribution is -2.47. The second-order valence-electron chi connectivity index (χ2n) is 3.65. The molecule has 8 nitrogen and oxygen atoms in total. The normalized spacial score (nSPS) is 11.4. The van der Waals surface area contributed by atoms with Gasteiger partial charge in [0.05, 0.1) is 16.9 Å². The lowest BCUT2D eigenvalue weighted by Gasteiger charge is -2.14. The quantitative estimate of drug-likeness (QED) is 0.533. The summed E-state index contributed by atoms with van der Waals surface area (Å²) in [6, 6.07) is 4.03. The predicted octanol–water partition coefficient (Wildman–Crippen LogP) is -0.772. The van der Waals surface area contributed by atoms with Crippen molar-refractivity contribution in [2.45, 2.75) is 13.0 Å². The number of aliphatic carboxylic acids is 1. The average Bonchev–Trinajstić information content (AvgIpc) is 2.36. The van der Waals surface area contributed by atoms with Gasteiger partial charge in [-0.15, -0.1) is 0 Å². The van der Waals surface area contributed by atoms with Crippen LogP contribution in [-0.4, -0.2) is 29.4 Å². The van der Waals surface area contributed by atoms with Crippen molar-refractivity contribution in [3.63, 3.8) is 0 Å². The molecule has 1 N–H and O–H groups in total. The molecular weight excluding hydrogens is 256 g/mol. The van der Waals surface area contributed by atoms with E-state index in [-0.39, 0.29) is 11.4 Å². The van der Waals surface area contributed by atoms with Crippen LogP contribution in [0.3, 0.4) is 0 Å². The molecule has 0 spiro atoms. The van der Waals surface area contributed by atoms with Gasteiger partial charge >= 0.3 is 0 Å².